The summed E-state index contributed by atoms with van der Waals surface area (Å²) < 4.78 is 5.99. The molecule has 0 fully saturated rings. The highest BCUT2D eigenvalue weighted by Crippen LogP contribution is 2.23. The molecule has 0 unspecified atom stereocenters. The number of aryl methyl sites for hydroxylation is 1. The van der Waals surface area contributed by atoms with E-state index in [0.717, 1.165) is 38.2 Å². The predicted molar refractivity (Wildman–Crippen MR) is 106 cm³/mol. The zero-order chi connectivity index (χ0) is 17.6. The van der Waals surface area contributed by atoms with E-state index in [9.17, 15) is 0 Å². The van der Waals surface area contributed by atoms with E-state index in [0.29, 0.717) is 13.2 Å². The quantitative estimate of drug-likeness (QED) is 0.534. The van der Waals surface area contributed by atoms with Crippen molar-refractivity contribution in [1.29, 1.82) is 0 Å². The molecule has 2 nitrogen and oxygen atoms in total. The van der Waals surface area contributed by atoms with Crippen LogP contribution >= 0.6 is 23.2 Å². The number of para-hydroxylation sites is 1. The van der Waals surface area contributed by atoms with Crippen molar-refractivity contribution >= 4 is 28.9 Å². The Morgan fingerprint density at radius 2 is 1.68 bits per heavy atom. The molecular weight excluding hydrogens is 353 g/mol. The fourth-order valence-corrected chi connectivity index (χ4v) is 2.74. The third-order valence-electron chi connectivity index (χ3n) is 3.94. The molecule has 0 aliphatic rings. The van der Waals surface area contributed by atoms with Gasteiger partial charge in [0, 0.05) is 27.8 Å². The van der Waals surface area contributed by atoms with Gasteiger partial charge in [-0.05, 0) is 48.4 Å². The summed E-state index contributed by atoms with van der Waals surface area (Å²) in [7, 11) is 0. The smallest absolute Gasteiger partial charge is 0.124 e. The monoisotopic (exact) mass is 371 g/mol. The van der Waals surface area contributed by atoms with Crippen molar-refractivity contribution < 1.29 is 4.74 Å². The summed E-state index contributed by atoms with van der Waals surface area (Å²) in [5.74, 6) is 0.864. The molecule has 0 radical (unpaired) electrons. The van der Waals surface area contributed by atoms with Crippen LogP contribution in [0, 0.1) is 6.92 Å². The van der Waals surface area contributed by atoms with E-state index < -0.39 is 0 Å². The van der Waals surface area contributed by atoms with Gasteiger partial charge < -0.3 is 10.1 Å². The van der Waals surface area contributed by atoms with E-state index in [1.54, 1.807) is 0 Å². The Morgan fingerprint density at radius 1 is 0.920 bits per heavy atom. The summed E-state index contributed by atoms with van der Waals surface area (Å²) in [6.45, 7) is 3.16. The molecule has 3 rings (SSSR count). The van der Waals surface area contributed by atoms with E-state index >= 15 is 0 Å². The fourth-order valence-electron chi connectivity index (χ4n) is 2.43. The van der Waals surface area contributed by atoms with Crippen molar-refractivity contribution in [3.05, 3.63) is 93.5 Å². The number of halogens is 2. The average Bonchev–Trinajstić information content (AvgIpc) is 2.63. The molecule has 128 valence electrons. The second-order valence-electron chi connectivity index (χ2n) is 5.84. The molecule has 1 N–H and O–H groups in total. The Labute approximate surface area is 158 Å². The van der Waals surface area contributed by atoms with Crippen LogP contribution in [0.4, 0.5) is 5.69 Å². The molecule has 0 saturated heterocycles. The van der Waals surface area contributed by atoms with E-state index in [1.807, 2.05) is 67.6 Å². The number of benzene rings is 3. The summed E-state index contributed by atoms with van der Waals surface area (Å²) in [6.07, 6.45) is 0. The van der Waals surface area contributed by atoms with E-state index in [2.05, 4.69) is 11.4 Å². The van der Waals surface area contributed by atoms with Gasteiger partial charge in [-0.15, -0.1) is 0 Å². The number of hydrogen-bond donors (Lipinski definition) is 1. The molecule has 0 aliphatic carbocycles. The zero-order valence-corrected chi connectivity index (χ0v) is 15.4. The van der Waals surface area contributed by atoms with Crippen molar-refractivity contribution in [2.24, 2.45) is 0 Å². The van der Waals surface area contributed by atoms with Gasteiger partial charge >= 0.3 is 0 Å². The largest absolute Gasteiger partial charge is 0.489 e. The molecule has 0 bridgehead atoms. The first-order chi connectivity index (χ1) is 12.1. The van der Waals surface area contributed by atoms with Crippen molar-refractivity contribution in [3.63, 3.8) is 0 Å². The zero-order valence-electron chi connectivity index (χ0n) is 13.9. The highest BCUT2D eigenvalue weighted by molar-refractivity contribution is 6.31. The highest BCUT2D eigenvalue weighted by atomic mass is 35.5. The number of rotatable bonds is 6. The van der Waals surface area contributed by atoms with Crippen molar-refractivity contribution in [2.75, 3.05) is 5.32 Å². The van der Waals surface area contributed by atoms with Crippen LogP contribution in [-0.4, -0.2) is 0 Å². The van der Waals surface area contributed by atoms with Crippen molar-refractivity contribution in [3.8, 4) is 5.75 Å². The van der Waals surface area contributed by atoms with Crippen LogP contribution in [-0.2, 0) is 13.2 Å². The van der Waals surface area contributed by atoms with Gasteiger partial charge in [-0.25, -0.2) is 0 Å². The molecule has 0 saturated carbocycles. The van der Waals surface area contributed by atoms with E-state index in [4.69, 9.17) is 27.9 Å². The van der Waals surface area contributed by atoms with E-state index in [-0.39, 0.29) is 0 Å². The highest BCUT2D eigenvalue weighted by Gasteiger charge is 2.05. The molecule has 4 heteroatoms. The Balaban J connectivity index is 1.65. The Hall–Kier alpha value is -2.16. The van der Waals surface area contributed by atoms with Gasteiger partial charge in [-0.3, -0.25) is 0 Å². The molecule has 3 aromatic rings. The summed E-state index contributed by atoms with van der Waals surface area (Å²) in [5.41, 5.74) is 4.23. The second kappa shape index (κ2) is 8.28. The van der Waals surface area contributed by atoms with Gasteiger partial charge in [-0.2, -0.15) is 0 Å². The lowest BCUT2D eigenvalue weighted by Crippen LogP contribution is -2.03. The van der Waals surface area contributed by atoms with Crippen LogP contribution in [0.3, 0.4) is 0 Å². The Bertz CT molecular complexity index is 847. The van der Waals surface area contributed by atoms with Crippen LogP contribution in [0.2, 0.25) is 10.0 Å². The minimum absolute atomic E-state index is 0.505. The van der Waals surface area contributed by atoms with Crippen LogP contribution in [0.1, 0.15) is 16.7 Å². The van der Waals surface area contributed by atoms with Crippen molar-refractivity contribution in [2.45, 2.75) is 20.1 Å². The minimum Gasteiger partial charge on any atom is -0.489 e. The molecule has 25 heavy (non-hydrogen) atoms. The van der Waals surface area contributed by atoms with Gasteiger partial charge in [0.1, 0.15) is 12.4 Å². The summed E-state index contributed by atoms with van der Waals surface area (Å²) in [5, 5.41) is 4.88. The minimum atomic E-state index is 0.505. The van der Waals surface area contributed by atoms with Crippen molar-refractivity contribution in [1.82, 2.24) is 0 Å². The summed E-state index contributed by atoms with van der Waals surface area (Å²) >= 11 is 12.1. The fraction of sp³-hybridized carbons (Fsp3) is 0.143. The number of ether oxygens (including phenoxy) is 1. The standard InChI is InChI=1S/C21H19Cl2NO/c1-15-6-11-19(12-20(15)23)24-13-17-4-2-3-5-21(17)25-14-16-7-9-18(22)10-8-16/h2-12,24H,13-14H2,1H3. The molecular formula is C21H19Cl2NO. The molecule has 0 heterocycles. The lowest BCUT2D eigenvalue weighted by atomic mass is 10.1. The first-order valence-electron chi connectivity index (χ1n) is 8.07. The summed E-state index contributed by atoms with van der Waals surface area (Å²) in [4.78, 5) is 0. The second-order valence-corrected chi connectivity index (χ2v) is 6.68. The van der Waals surface area contributed by atoms with Gasteiger partial charge in [0.15, 0.2) is 0 Å². The molecule has 0 aromatic heterocycles. The van der Waals surface area contributed by atoms with E-state index in [1.165, 1.54) is 0 Å². The summed E-state index contributed by atoms with van der Waals surface area (Å²) in [6, 6.07) is 21.7. The topological polar surface area (TPSA) is 21.3 Å². The average molecular weight is 372 g/mol. The van der Waals surface area contributed by atoms with Gasteiger partial charge in [0.2, 0.25) is 0 Å². The normalized spacial score (nSPS) is 10.5. The third kappa shape index (κ3) is 4.91. The molecule has 0 atom stereocenters. The maximum atomic E-state index is 6.18. The van der Waals surface area contributed by atoms with Gasteiger partial charge in [0.25, 0.3) is 0 Å². The number of anilines is 1. The van der Waals surface area contributed by atoms with Crippen LogP contribution in [0.15, 0.2) is 66.7 Å². The maximum Gasteiger partial charge on any atom is 0.124 e. The Kier molecular flexibility index (Phi) is 5.85. The maximum absolute atomic E-state index is 6.18. The van der Waals surface area contributed by atoms with Crippen LogP contribution < -0.4 is 10.1 Å². The molecule has 0 amide bonds. The SMILES string of the molecule is Cc1ccc(NCc2ccccc2OCc2ccc(Cl)cc2)cc1Cl. The first-order valence-corrected chi connectivity index (χ1v) is 8.82. The lowest BCUT2D eigenvalue weighted by Gasteiger charge is -2.13. The Morgan fingerprint density at radius 3 is 2.44 bits per heavy atom. The molecule has 0 aliphatic heterocycles. The first kappa shape index (κ1) is 17.7. The molecule has 0 spiro atoms. The predicted octanol–water partition coefficient (Wildman–Crippen LogP) is 6.49. The van der Waals surface area contributed by atoms with Gasteiger partial charge in [0.05, 0.1) is 0 Å². The van der Waals surface area contributed by atoms with Gasteiger partial charge in [-0.1, -0.05) is 59.6 Å². The number of hydrogen-bond acceptors (Lipinski definition) is 2. The third-order valence-corrected chi connectivity index (χ3v) is 4.59. The lowest BCUT2D eigenvalue weighted by molar-refractivity contribution is 0.303. The van der Waals surface area contributed by atoms with Crippen LogP contribution in [0.25, 0.3) is 0 Å². The number of nitrogens with one attached hydrogen (secondary N) is 1. The van der Waals surface area contributed by atoms with Crippen LogP contribution in [0.5, 0.6) is 5.75 Å². The molecule has 3 aromatic carbocycles.